The molecule has 0 unspecified atom stereocenters. The molecular weight excluding hydrogens is 244 g/mol. The van der Waals surface area contributed by atoms with Crippen molar-refractivity contribution in [3.8, 4) is 0 Å². The van der Waals surface area contributed by atoms with Gasteiger partial charge in [0.25, 0.3) is 0 Å². The number of unbranched alkanes of at least 4 members (excludes halogenated alkanes) is 3. The summed E-state index contributed by atoms with van der Waals surface area (Å²) in [6.45, 7) is 6.31. The molecule has 0 radical (unpaired) electrons. The van der Waals surface area contributed by atoms with Crippen molar-refractivity contribution in [2.24, 2.45) is 0 Å². The van der Waals surface area contributed by atoms with E-state index in [1.54, 1.807) is 0 Å². The fourth-order valence-electron chi connectivity index (χ4n) is 5.01. The lowest BCUT2D eigenvalue weighted by molar-refractivity contribution is 0.00811. The van der Waals surface area contributed by atoms with E-state index in [1.165, 1.54) is 96.7 Å². The molecule has 1 aliphatic heterocycles. The van der Waals surface area contributed by atoms with E-state index in [1.807, 2.05) is 0 Å². The Balaban J connectivity index is 1.62. The van der Waals surface area contributed by atoms with Gasteiger partial charge >= 0.3 is 0 Å². The van der Waals surface area contributed by atoms with Crippen LogP contribution in [-0.4, -0.2) is 35.6 Å². The highest BCUT2D eigenvalue weighted by molar-refractivity contribution is 5.08. The molecule has 3 rings (SSSR count). The highest BCUT2D eigenvalue weighted by atomic mass is 15.3. The second-order valence-corrected chi connectivity index (χ2v) is 7.75. The average molecular weight is 278 g/mol. The van der Waals surface area contributed by atoms with E-state index < -0.39 is 0 Å². The van der Waals surface area contributed by atoms with Gasteiger partial charge in [-0.1, -0.05) is 51.9 Å². The third-order valence-corrected chi connectivity index (χ3v) is 6.33. The summed E-state index contributed by atoms with van der Waals surface area (Å²) < 4.78 is 0. The molecule has 2 nitrogen and oxygen atoms in total. The summed E-state index contributed by atoms with van der Waals surface area (Å²) in [6.07, 6.45) is 17.2. The number of hydrogen-bond acceptors (Lipinski definition) is 2. The molecule has 2 heteroatoms. The van der Waals surface area contributed by atoms with E-state index in [0.29, 0.717) is 11.1 Å². The summed E-state index contributed by atoms with van der Waals surface area (Å²) in [5.41, 5.74) is 1.04. The van der Waals surface area contributed by atoms with Crippen molar-refractivity contribution >= 4 is 0 Å². The Hall–Kier alpha value is -0.0800. The van der Waals surface area contributed by atoms with Crippen LogP contribution in [0.4, 0.5) is 0 Å². The highest BCUT2D eigenvalue weighted by Gasteiger charge is 2.48. The van der Waals surface area contributed by atoms with Gasteiger partial charge in [-0.3, -0.25) is 4.90 Å². The molecule has 0 aromatic rings. The zero-order valence-corrected chi connectivity index (χ0v) is 13.6. The van der Waals surface area contributed by atoms with Gasteiger partial charge in [0.1, 0.15) is 0 Å². The van der Waals surface area contributed by atoms with E-state index in [2.05, 4.69) is 17.1 Å². The van der Waals surface area contributed by atoms with Crippen molar-refractivity contribution in [3.05, 3.63) is 0 Å². The molecule has 0 amide bonds. The lowest BCUT2D eigenvalue weighted by Crippen LogP contribution is -2.68. The Morgan fingerprint density at radius 3 is 2.30 bits per heavy atom. The molecule has 0 aromatic carbocycles. The van der Waals surface area contributed by atoms with Crippen LogP contribution >= 0.6 is 0 Å². The molecular formula is C18H34N2. The Morgan fingerprint density at radius 1 is 0.900 bits per heavy atom. The number of nitrogens with one attached hydrogen (secondary N) is 1. The summed E-state index contributed by atoms with van der Waals surface area (Å²) in [7, 11) is 0. The maximum atomic E-state index is 4.02. The number of nitrogens with zero attached hydrogens (tertiary/aromatic N) is 1. The molecule has 0 bridgehead atoms. The molecule has 2 saturated carbocycles. The topological polar surface area (TPSA) is 15.3 Å². The monoisotopic (exact) mass is 278 g/mol. The van der Waals surface area contributed by atoms with Crippen molar-refractivity contribution in [2.45, 2.75) is 95.1 Å². The van der Waals surface area contributed by atoms with Gasteiger partial charge in [-0.25, -0.2) is 0 Å². The molecule has 1 heterocycles. The fraction of sp³-hybridized carbons (Fsp3) is 1.00. The van der Waals surface area contributed by atoms with Crippen molar-refractivity contribution in [1.82, 2.24) is 10.2 Å². The minimum Gasteiger partial charge on any atom is -0.308 e. The fourth-order valence-corrected chi connectivity index (χ4v) is 5.01. The molecule has 1 N–H and O–H groups in total. The van der Waals surface area contributed by atoms with Gasteiger partial charge in [-0.05, 0) is 38.6 Å². The molecule has 0 atom stereocenters. The first-order chi connectivity index (χ1) is 9.79. The quantitative estimate of drug-likeness (QED) is 0.762. The van der Waals surface area contributed by atoms with Gasteiger partial charge in [-0.2, -0.15) is 0 Å². The second-order valence-electron chi connectivity index (χ2n) is 7.75. The van der Waals surface area contributed by atoms with E-state index in [-0.39, 0.29) is 0 Å². The molecule has 20 heavy (non-hydrogen) atoms. The van der Waals surface area contributed by atoms with E-state index in [0.717, 1.165) is 0 Å². The third-order valence-electron chi connectivity index (χ3n) is 6.33. The highest BCUT2D eigenvalue weighted by Crippen LogP contribution is 2.42. The van der Waals surface area contributed by atoms with Gasteiger partial charge in [0.15, 0.2) is 0 Å². The van der Waals surface area contributed by atoms with Crippen LogP contribution in [0, 0.1) is 0 Å². The predicted octanol–water partition coefficient (Wildman–Crippen LogP) is 4.10. The van der Waals surface area contributed by atoms with Gasteiger partial charge in [0, 0.05) is 24.2 Å². The van der Waals surface area contributed by atoms with Gasteiger partial charge in [0.05, 0.1) is 0 Å². The SMILES string of the molecule is CCCCCCN1CC2(CCCC2)NCC12CCCC2. The second kappa shape index (κ2) is 6.36. The Kier molecular flexibility index (Phi) is 4.72. The molecule has 0 aromatic heterocycles. The van der Waals surface area contributed by atoms with Crippen LogP contribution in [0.25, 0.3) is 0 Å². The van der Waals surface area contributed by atoms with Crippen LogP contribution in [0.15, 0.2) is 0 Å². The van der Waals surface area contributed by atoms with Gasteiger partial charge in [-0.15, -0.1) is 0 Å². The van der Waals surface area contributed by atoms with Gasteiger partial charge < -0.3 is 5.32 Å². The Morgan fingerprint density at radius 2 is 1.60 bits per heavy atom. The summed E-state index contributed by atoms with van der Waals surface area (Å²) in [5.74, 6) is 0. The Bertz CT molecular complexity index is 301. The summed E-state index contributed by atoms with van der Waals surface area (Å²) in [6, 6.07) is 0. The van der Waals surface area contributed by atoms with Crippen molar-refractivity contribution in [3.63, 3.8) is 0 Å². The smallest absolute Gasteiger partial charge is 0.0334 e. The molecule has 3 fully saturated rings. The summed E-state index contributed by atoms with van der Waals surface area (Å²) in [4.78, 5) is 2.94. The van der Waals surface area contributed by atoms with Crippen LogP contribution in [-0.2, 0) is 0 Å². The van der Waals surface area contributed by atoms with Crippen LogP contribution in [0.3, 0.4) is 0 Å². The minimum atomic E-state index is 0.499. The van der Waals surface area contributed by atoms with Crippen LogP contribution in [0.5, 0.6) is 0 Å². The zero-order chi connectivity index (χ0) is 13.9. The average Bonchev–Trinajstić information content (AvgIpc) is 3.10. The maximum Gasteiger partial charge on any atom is 0.0334 e. The minimum absolute atomic E-state index is 0.499. The maximum absolute atomic E-state index is 4.02. The normalized spacial score (nSPS) is 28.6. The first-order valence-corrected chi connectivity index (χ1v) is 9.29. The molecule has 2 spiro atoms. The van der Waals surface area contributed by atoms with E-state index in [4.69, 9.17) is 0 Å². The van der Waals surface area contributed by atoms with Gasteiger partial charge in [0.2, 0.25) is 0 Å². The lowest BCUT2D eigenvalue weighted by Gasteiger charge is -2.53. The Labute approximate surface area is 125 Å². The predicted molar refractivity (Wildman–Crippen MR) is 86.1 cm³/mol. The van der Waals surface area contributed by atoms with E-state index >= 15 is 0 Å². The number of rotatable bonds is 5. The summed E-state index contributed by atoms with van der Waals surface area (Å²) in [5, 5.41) is 4.02. The van der Waals surface area contributed by atoms with Crippen LogP contribution < -0.4 is 5.32 Å². The van der Waals surface area contributed by atoms with Crippen molar-refractivity contribution < 1.29 is 0 Å². The summed E-state index contributed by atoms with van der Waals surface area (Å²) >= 11 is 0. The third kappa shape index (κ3) is 2.92. The lowest BCUT2D eigenvalue weighted by atomic mass is 9.84. The van der Waals surface area contributed by atoms with Crippen molar-refractivity contribution in [1.29, 1.82) is 0 Å². The molecule has 2 aliphatic carbocycles. The van der Waals surface area contributed by atoms with E-state index in [9.17, 15) is 0 Å². The van der Waals surface area contributed by atoms with Crippen LogP contribution in [0.1, 0.15) is 84.0 Å². The standard InChI is InChI=1S/C18H34N2/c1-2-3-4-9-14-20-16-17(10-5-6-11-17)19-15-18(20)12-7-8-13-18/h19H,2-16H2,1H3. The number of piperazine rings is 1. The largest absolute Gasteiger partial charge is 0.308 e. The zero-order valence-electron chi connectivity index (χ0n) is 13.6. The molecule has 116 valence electrons. The first kappa shape index (κ1) is 14.8. The number of hydrogen-bond donors (Lipinski definition) is 1. The van der Waals surface area contributed by atoms with Crippen molar-refractivity contribution in [2.75, 3.05) is 19.6 Å². The van der Waals surface area contributed by atoms with Crippen LogP contribution in [0.2, 0.25) is 0 Å². The molecule has 3 aliphatic rings. The molecule has 1 saturated heterocycles. The first-order valence-electron chi connectivity index (χ1n) is 9.29.